The van der Waals surface area contributed by atoms with E-state index < -0.39 is 38.9 Å². The quantitative estimate of drug-likeness (QED) is 0.363. The first kappa shape index (κ1) is 21.4. The number of carboxylic acid groups (broad SMARTS) is 1. The molecule has 2 unspecified atom stereocenters. The Hall–Kier alpha value is -1.60. The van der Waals surface area contributed by atoms with Crippen LogP contribution in [0.1, 0.15) is 33.6 Å². The molecule has 0 spiro atoms. The maximum absolute atomic E-state index is 11.4. The van der Waals surface area contributed by atoms with Gasteiger partial charge in [0.25, 0.3) is 0 Å². The van der Waals surface area contributed by atoms with Crippen molar-refractivity contribution in [3.05, 3.63) is 0 Å². The Balaban J connectivity index is 4.11. The zero-order chi connectivity index (χ0) is 18.0. The van der Waals surface area contributed by atoms with Crippen molar-refractivity contribution >= 4 is 26.1 Å². The molecule has 0 aliphatic carbocycles. The maximum atomic E-state index is 11.4. The standard InChI is InChI=1S/C13H24NO8P/c1-13(2,3)7-10(15)20-8-21-12(18)14-9(11(16)17)5-6-22-23(4)19/h9,23H,5-8H2,1-4H3,(H,14,18)(H,16,17). The minimum absolute atomic E-state index is 0.0709. The lowest BCUT2D eigenvalue weighted by Gasteiger charge is -2.17. The Labute approximate surface area is 135 Å². The van der Waals surface area contributed by atoms with Crippen LogP contribution in [0.5, 0.6) is 0 Å². The molecule has 0 aliphatic rings. The Bertz CT molecular complexity index is 446. The van der Waals surface area contributed by atoms with E-state index in [-0.39, 0.29) is 24.9 Å². The predicted molar refractivity (Wildman–Crippen MR) is 81.6 cm³/mol. The molecular weight excluding hydrogens is 329 g/mol. The summed E-state index contributed by atoms with van der Waals surface area (Å²) in [5.74, 6) is -1.81. The van der Waals surface area contributed by atoms with Crippen molar-refractivity contribution in [2.45, 2.75) is 39.7 Å². The third kappa shape index (κ3) is 12.6. The van der Waals surface area contributed by atoms with E-state index in [1.54, 1.807) is 0 Å². The van der Waals surface area contributed by atoms with Gasteiger partial charge in [-0.2, -0.15) is 0 Å². The number of amides is 1. The third-order valence-electron chi connectivity index (χ3n) is 2.39. The second-order valence-corrected chi connectivity index (χ2v) is 7.24. The smallest absolute Gasteiger partial charge is 0.410 e. The summed E-state index contributed by atoms with van der Waals surface area (Å²) < 4.78 is 24.9. The van der Waals surface area contributed by atoms with Crippen LogP contribution in [0, 0.1) is 5.41 Å². The number of hydrogen-bond acceptors (Lipinski definition) is 7. The number of alkyl carbamates (subject to hydrolysis) is 1. The average Bonchev–Trinajstić information content (AvgIpc) is 2.34. The molecule has 10 heteroatoms. The molecule has 23 heavy (non-hydrogen) atoms. The molecule has 9 nitrogen and oxygen atoms in total. The molecule has 0 aromatic carbocycles. The zero-order valence-electron chi connectivity index (χ0n) is 13.7. The highest BCUT2D eigenvalue weighted by molar-refractivity contribution is 7.38. The van der Waals surface area contributed by atoms with E-state index in [4.69, 9.17) is 14.4 Å². The molecule has 0 rings (SSSR count). The number of rotatable bonds is 9. The van der Waals surface area contributed by atoms with Gasteiger partial charge < -0.3 is 24.4 Å². The van der Waals surface area contributed by atoms with Gasteiger partial charge in [-0.05, 0) is 5.41 Å². The van der Waals surface area contributed by atoms with Crippen molar-refractivity contribution in [2.24, 2.45) is 5.41 Å². The van der Waals surface area contributed by atoms with Crippen molar-refractivity contribution in [1.82, 2.24) is 5.32 Å². The number of hydrogen-bond donors (Lipinski definition) is 2. The van der Waals surface area contributed by atoms with Gasteiger partial charge in [0.05, 0.1) is 13.0 Å². The molecule has 0 fully saturated rings. The first-order valence-electron chi connectivity index (χ1n) is 6.96. The summed E-state index contributed by atoms with van der Waals surface area (Å²) in [7, 11) is -2.17. The summed E-state index contributed by atoms with van der Waals surface area (Å²) in [4.78, 5) is 33.8. The van der Waals surface area contributed by atoms with Crippen LogP contribution < -0.4 is 5.32 Å². The lowest BCUT2D eigenvalue weighted by atomic mass is 9.93. The fraction of sp³-hybridized carbons (Fsp3) is 0.769. The van der Waals surface area contributed by atoms with Crippen LogP contribution in [0.4, 0.5) is 4.79 Å². The molecule has 0 aliphatic heterocycles. The van der Waals surface area contributed by atoms with Crippen LogP contribution in [0.2, 0.25) is 0 Å². The van der Waals surface area contributed by atoms with Crippen LogP contribution in [-0.4, -0.2) is 49.2 Å². The first-order chi connectivity index (χ1) is 10.5. The Morgan fingerprint density at radius 1 is 1.22 bits per heavy atom. The molecule has 0 saturated heterocycles. The number of nitrogens with one attached hydrogen (secondary N) is 1. The van der Waals surface area contributed by atoms with Crippen molar-refractivity contribution < 1.29 is 38.1 Å². The van der Waals surface area contributed by atoms with Crippen LogP contribution in [0.25, 0.3) is 0 Å². The minimum atomic E-state index is -2.17. The van der Waals surface area contributed by atoms with Crippen molar-refractivity contribution in [1.29, 1.82) is 0 Å². The van der Waals surface area contributed by atoms with Gasteiger partial charge in [0.15, 0.2) is 8.03 Å². The monoisotopic (exact) mass is 353 g/mol. The van der Waals surface area contributed by atoms with Crippen LogP contribution in [0.15, 0.2) is 0 Å². The Morgan fingerprint density at radius 3 is 2.30 bits per heavy atom. The van der Waals surface area contributed by atoms with Crippen LogP contribution in [-0.2, 0) is 28.2 Å². The van der Waals surface area contributed by atoms with E-state index >= 15 is 0 Å². The number of carbonyl (C=O) groups is 3. The predicted octanol–water partition coefficient (Wildman–Crippen LogP) is 1.61. The molecular formula is C13H24NO8P. The fourth-order valence-electron chi connectivity index (χ4n) is 1.39. The highest BCUT2D eigenvalue weighted by Crippen LogP contribution is 2.18. The molecule has 0 aromatic heterocycles. The van der Waals surface area contributed by atoms with Gasteiger partial charge in [0.2, 0.25) is 6.79 Å². The number of esters is 1. The van der Waals surface area contributed by atoms with Crippen molar-refractivity contribution in [3.8, 4) is 0 Å². The summed E-state index contributed by atoms with van der Waals surface area (Å²) in [6, 6.07) is -1.26. The van der Waals surface area contributed by atoms with E-state index in [2.05, 4.69) is 10.1 Å². The number of carboxylic acids is 1. The van der Waals surface area contributed by atoms with E-state index in [1.807, 2.05) is 20.8 Å². The largest absolute Gasteiger partial charge is 0.480 e. The highest BCUT2D eigenvalue weighted by Gasteiger charge is 2.21. The average molecular weight is 353 g/mol. The summed E-state index contributed by atoms with van der Waals surface area (Å²) in [5, 5.41) is 11.0. The molecule has 2 atom stereocenters. The number of ether oxygens (including phenoxy) is 2. The Kier molecular flexibility index (Phi) is 9.52. The van der Waals surface area contributed by atoms with Crippen LogP contribution in [0.3, 0.4) is 0 Å². The maximum Gasteiger partial charge on any atom is 0.410 e. The zero-order valence-corrected chi connectivity index (χ0v) is 14.7. The van der Waals surface area contributed by atoms with E-state index in [0.29, 0.717) is 0 Å². The van der Waals surface area contributed by atoms with Gasteiger partial charge in [-0.15, -0.1) is 0 Å². The molecule has 1 amide bonds. The SMILES string of the molecule is C[PH](=O)OCCC(NC(=O)OCOC(=O)CC(C)(C)C)C(=O)O. The summed E-state index contributed by atoms with van der Waals surface area (Å²) >= 11 is 0. The molecule has 0 heterocycles. The summed E-state index contributed by atoms with van der Waals surface area (Å²) in [6.45, 7) is 6.25. The molecule has 0 aromatic rings. The molecule has 134 valence electrons. The van der Waals surface area contributed by atoms with Gasteiger partial charge >= 0.3 is 18.0 Å². The van der Waals surface area contributed by atoms with E-state index in [1.165, 1.54) is 6.66 Å². The van der Waals surface area contributed by atoms with Gasteiger partial charge in [-0.25, -0.2) is 9.59 Å². The molecule has 0 radical (unpaired) electrons. The number of aliphatic carboxylic acids is 1. The topological polar surface area (TPSA) is 128 Å². The second kappa shape index (κ2) is 10.2. The minimum Gasteiger partial charge on any atom is -0.480 e. The first-order valence-corrected chi connectivity index (χ1v) is 8.78. The summed E-state index contributed by atoms with van der Waals surface area (Å²) in [6.07, 6.45) is -0.952. The number of carbonyl (C=O) groups excluding carboxylic acids is 2. The van der Waals surface area contributed by atoms with Crippen molar-refractivity contribution in [3.63, 3.8) is 0 Å². The van der Waals surface area contributed by atoms with Crippen molar-refractivity contribution in [2.75, 3.05) is 20.1 Å². The lowest BCUT2D eigenvalue weighted by molar-refractivity contribution is -0.154. The second-order valence-electron chi connectivity index (χ2n) is 5.97. The Morgan fingerprint density at radius 2 is 1.83 bits per heavy atom. The van der Waals surface area contributed by atoms with E-state index in [9.17, 15) is 18.9 Å². The highest BCUT2D eigenvalue weighted by atomic mass is 31.1. The van der Waals surface area contributed by atoms with Gasteiger partial charge in [-0.3, -0.25) is 9.36 Å². The third-order valence-corrected chi connectivity index (χ3v) is 3.00. The molecule has 0 saturated carbocycles. The normalized spacial score (nSPS) is 13.7. The lowest BCUT2D eigenvalue weighted by Crippen LogP contribution is -2.42. The summed E-state index contributed by atoms with van der Waals surface area (Å²) in [5.41, 5.74) is -0.255. The van der Waals surface area contributed by atoms with Gasteiger partial charge in [-0.1, -0.05) is 20.8 Å². The van der Waals surface area contributed by atoms with Crippen LogP contribution >= 0.6 is 8.03 Å². The molecule has 0 bridgehead atoms. The van der Waals surface area contributed by atoms with E-state index in [0.717, 1.165) is 0 Å². The molecule has 2 N–H and O–H groups in total. The fourth-order valence-corrected chi connectivity index (χ4v) is 1.80. The van der Waals surface area contributed by atoms with Gasteiger partial charge in [0, 0.05) is 13.1 Å². The van der Waals surface area contributed by atoms with Gasteiger partial charge in [0.1, 0.15) is 6.04 Å².